The number of aliphatic hydroxyl groups excluding tert-OH is 2. The second-order valence-corrected chi connectivity index (χ2v) is 7.20. The summed E-state index contributed by atoms with van der Waals surface area (Å²) in [4.78, 5) is 0.349. The third-order valence-electron chi connectivity index (χ3n) is 4.13. The maximum absolute atomic E-state index is 10.4. The van der Waals surface area contributed by atoms with Gasteiger partial charge in [0.25, 0.3) is 0 Å². The summed E-state index contributed by atoms with van der Waals surface area (Å²) < 4.78 is 20.8. The zero-order valence-corrected chi connectivity index (χ0v) is 19.8. The van der Waals surface area contributed by atoms with Crippen LogP contribution in [0, 0.1) is 0 Å². The summed E-state index contributed by atoms with van der Waals surface area (Å²) in [6.07, 6.45) is 5.20. The van der Waals surface area contributed by atoms with Crippen LogP contribution in [0.1, 0.15) is 56.8 Å². The minimum absolute atomic E-state index is 0. The van der Waals surface area contributed by atoms with Crippen LogP contribution in [0.4, 0.5) is 0 Å². The van der Waals surface area contributed by atoms with E-state index in [1.807, 2.05) is 49.4 Å². The topological polar surface area (TPSA) is 105 Å². The van der Waals surface area contributed by atoms with Gasteiger partial charge >= 0.3 is 29.6 Å². The average Bonchev–Trinajstić information content (AvgIpc) is 3.14. The molecule has 2 aromatic carbocycles. The first-order valence-corrected chi connectivity index (χ1v) is 10.1. The van der Waals surface area contributed by atoms with Gasteiger partial charge in [-0.15, -0.1) is 0 Å². The van der Waals surface area contributed by atoms with Crippen LogP contribution in [-0.2, 0) is 25.5 Å². The molecule has 3 rings (SSSR count). The van der Waals surface area contributed by atoms with Gasteiger partial charge in [0.2, 0.25) is 0 Å². The monoisotopic (exact) mass is 417 g/mol. The Morgan fingerprint density at radius 1 is 1.00 bits per heavy atom. The van der Waals surface area contributed by atoms with Gasteiger partial charge in [-0.1, -0.05) is 79.3 Å². The third kappa shape index (κ3) is 12.7. The van der Waals surface area contributed by atoms with Crippen molar-refractivity contribution < 1.29 is 53.7 Å². The van der Waals surface area contributed by atoms with Crippen LogP contribution >= 0.6 is 0 Å². The van der Waals surface area contributed by atoms with E-state index in [1.54, 1.807) is 19.1 Å². The van der Waals surface area contributed by atoms with Crippen molar-refractivity contribution in [2.24, 2.45) is 0 Å². The van der Waals surface area contributed by atoms with Gasteiger partial charge in [-0.25, -0.2) is 0 Å². The van der Waals surface area contributed by atoms with Gasteiger partial charge in [-0.3, -0.25) is 0 Å². The molecule has 152 valence electrons. The van der Waals surface area contributed by atoms with Gasteiger partial charge in [-0.05, 0) is 48.0 Å². The Morgan fingerprint density at radius 3 is 1.79 bits per heavy atom. The molecule has 1 atom stereocenters. The molecule has 1 fully saturated rings. The number of aryl methyl sites for hydroxylation is 1. The fourth-order valence-corrected chi connectivity index (χ4v) is 2.83. The van der Waals surface area contributed by atoms with Crippen LogP contribution in [-0.4, -0.2) is 21.8 Å². The van der Waals surface area contributed by atoms with E-state index in [4.69, 9.17) is 10.2 Å². The first-order valence-electron chi connectivity index (χ1n) is 9.03. The van der Waals surface area contributed by atoms with E-state index >= 15 is 0 Å². The average molecular weight is 418 g/mol. The van der Waals surface area contributed by atoms with Crippen LogP contribution in [0.3, 0.4) is 0 Å². The normalized spacial score (nSPS) is 13.8. The van der Waals surface area contributed by atoms with E-state index in [9.17, 15) is 8.42 Å². The van der Waals surface area contributed by atoms with Gasteiger partial charge in [-0.2, -0.15) is 0 Å². The molecule has 1 aliphatic carbocycles. The second-order valence-electron chi connectivity index (χ2n) is 6.26. The molecule has 5 nitrogen and oxygen atoms in total. The minimum Gasteiger partial charge on any atom is -0.870 e. The quantitative estimate of drug-likeness (QED) is 0.580. The van der Waals surface area contributed by atoms with Crippen molar-refractivity contribution in [3.63, 3.8) is 0 Å². The molecule has 1 aliphatic rings. The van der Waals surface area contributed by atoms with Gasteiger partial charge in [0.15, 0.2) is 0 Å². The fourth-order valence-electron chi connectivity index (χ4n) is 2.47. The zero-order chi connectivity index (χ0) is 19.4. The molecular weight excluding hydrogens is 387 g/mol. The van der Waals surface area contributed by atoms with E-state index in [0.717, 1.165) is 30.4 Å². The Bertz CT molecular complexity index is 674. The maximum atomic E-state index is 10.4. The molecule has 7 heteroatoms. The van der Waals surface area contributed by atoms with Crippen molar-refractivity contribution >= 4 is 10.7 Å². The van der Waals surface area contributed by atoms with E-state index in [0.29, 0.717) is 4.90 Å². The number of hydrogen-bond acceptors (Lipinski definition) is 6. The first-order chi connectivity index (χ1) is 12.4. The van der Waals surface area contributed by atoms with Crippen molar-refractivity contribution in [3.05, 3.63) is 65.7 Å². The molecule has 28 heavy (non-hydrogen) atoms. The van der Waals surface area contributed by atoms with Gasteiger partial charge in [0.1, 0.15) is 0 Å². The molecule has 0 aliphatic heterocycles. The molecule has 0 heterocycles. The number of hydrogen-bond donors (Lipinski definition) is 2. The van der Waals surface area contributed by atoms with Crippen LogP contribution in [0.15, 0.2) is 59.5 Å². The molecule has 3 N–H and O–H groups in total. The van der Waals surface area contributed by atoms with Crippen molar-refractivity contribution in [2.45, 2.75) is 63.1 Å². The summed E-state index contributed by atoms with van der Waals surface area (Å²) in [6, 6.07) is 16.5. The van der Waals surface area contributed by atoms with Crippen molar-refractivity contribution in [2.75, 3.05) is 0 Å². The molecule has 0 amide bonds. The van der Waals surface area contributed by atoms with E-state index in [-0.39, 0.29) is 47.2 Å². The standard InChI is InChI=1S/C8H9O2S.C8H10O.C5H10O.Na.H2O/c1-2-7-3-5-8(6-4-7)11(9)10;1-7(9)8-5-3-2-4-6-8;6-5-3-1-2-4-5;;/h3-6H,2H2,1H3;2-7,9H,1H3;5-6H,1-4H2;;1H2/q-1;;;+1;/p-1. The number of benzene rings is 2. The molecule has 0 bridgehead atoms. The fraction of sp³-hybridized carbons (Fsp3) is 0.429. The van der Waals surface area contributed by atoms with Crippen LogP contribution in [0.2, 0.25) is 0 Å². The molecule has 1 saturated carbocycles. The van der Waals surface area contributed by atoms with Gasteiger partial charge < -0.3 is 24.1 Å². The minimum atomic E-state index is -2.09. The Labute approximate surface area is 192 Å². The predicted molar refractivity (Wildman–Crippen MR) is 106 cm³/mol. The van der Waals surface area contributed by atoms with E-state index in [2.05, 4.69) is 0 Å². The summed E-state index contributed by atoms with van der Waals surface area (Å²) in [5, 5.41) is 17.8. The molecule has 0 spiro atoms. The maximum Gasteiger partial charge on any atom is 1.00 e. The summed E-state index contributed by atoms with van der Waals surface area (Å²) in [5.74, 6) is 0. The Kier molecular flexibility index (Phi) is 18.1. The van der Waals surface area contributed by atoms with Crippen LogP contribution in [0.5, 0.6) is 0 Å². The van der Waals surface area contributed by atoms with Crippen molar-refractivity contribution in [1.29, 1.82) is 0 Å². The van der Waals surface area contributed by atoms with Crippen LogP contribution in [0.25, 0.3) is 0 Å². The van der Waals surface area contributed by atoms with Crippen molar-refractivity contribution in [1.82, 2.24) is 0 Å². The van der Waals surface area contributed by atoms with Gasteiger partial charge in [0, 0.05) is 0 Å². The van der Waals surface area contributed by atoms with Crippen molar-refractivity contribution in [3.8, 4) is 0 Å². The smallest absolute Gasteiger partial charge is 0.870 e. The third-order valence-corrected chi connectivity index (χ3v) is 4.79. The van der Waals surface area contributed by atoms with Gasteiger partial charge in [0.05, 0.1) is 12.2 Å². The molecule has 2 aromatic rings. The Morgan fingerprint density at radius 2 is 1.50 bits per heavy atom. The SMILES string of the molecule is CC(O)c1ccccc1.CCc1ccc([S-](=O)=O)cc1.OC1CCCC1.[Na+].[OH-]. The summed E-state index contributed by atoms with van der Waals surface area (Å²) in [6.45, 7) is 3.79. The Balaban J connectivity index is 0. The zero-order valence-electron chi connectivity index (χ0n) is 17.0. The number of rotatable bonds is 3. The summed E-state index contributed by atoms with van der Waals surface area (Å²) in [5.41, 5.74) is 2.12. The summed E-state index contributed by atoms with van der Waals surface area (Å²) >= 11 is 0. The molecule has 0 aromatic heterocycles. The summed E-state index contributed by atoms with van der Waals surface area (Å²) in [7, 11) is -2.09. The molecule has 1 unspecified atom stereocenters. The second kappa shape index (κ2) is 17.2. The molecular formula is C21H30NaO5S-. The number of aliphatic hydroxyl groups is 2. The van der Waals surface area contributed by atoms with E-state index < -0.39 is 10.7 Å². The van der Waals surface area contributed by atoms with Crippen LogP contribution < -0.4 is 29.6 Å². The van der Waals surface area contributed by atoms with E-state index in [1.165, 1.54) is 12.8 Å². The first kappa shape index (κ1) is 29.5. The predicted octanol–water partition coefficient (Wildman–Crippen LogP) is 1.41. The molecule has 0 radical (unpaired) electrons. The molecule has 0 saturated heterocycles. The Hall–Kier alpha value is -0.730. The largest absolute Gasteiger partial charge is 1.00 e.